The maximum Gasteiger partial charge on any atom is 0.406 e. The number of hydrogen-bond acceptors (Lipinski definition) is 2. The van der Waals surface area contributed by atoms with Gasteiger partial charge in [0.15, 0.2) is 0 Å². The van der Waals surface area contributed by atoms with Gasteiger partial charge in [0, 0.05) is 18.2 Å². The van der Waals surface area contributed by atoms with E-state index in [1.807, 2.05) is 0 Å². The molecule has 1 amide bonds. The Hall–Kier alpha value is -1.72. The molecule has 0 atom stereocenters. The van der Waals surface area contributed by atoms with Crippen LogP contribution in [0.5, 0.6) is 0 Å². The highest BCUT2D eigenvalue weighted by Crippen LogP contribution is 2.30. The number of halogens is 3. The first-order valence-corrected chi connectivity index (χ1v) is 6.56. The van der Waals surface area contributed by atoms with Crippen LogP contribution in [0.4, 0.5) is 18.9 Å². The van der Waals surface area contributed by atoms with E-state index in [1.54, 1.807) is 24.3 Å². The first-order chi connectivity index (χ1) is 9.35. The van der Waals surface area contributed by atoms with Gasteiger partial charge in [-0.15, -0.1) is 0 Å². The minimum Gasteiger partial charge on any atom is -0.399 e. The topological polar surface area (TPSA) is 46.3 Å². The molecular weight excluding hydrogens is 269 g/mol. The van der Waals surface area contributed by atoms with E-state index in [0.717, 1.165) is 10.5 Å². The lowest BCUT2D eigenvalue weighted by molar-refractivity contribution is -0.162. The summed E-state index contributed by atoms with van der Waals surface area (Å²) in [4.78, 5) is 12.9. The van der Waals surface area contributed by atoms with E-state index in [0.29, 0.717) is 24.9 Å². The molecule has 1 saturated carbocycles. The largest absolute Gasteiger partial charge is 0.406 e. The fourth-order valence-corrected chi connectivity index (χ4v) is 2.08. The monoisotopic (exact) mass is 286 g/mol. The van der Waals surface area contributed by atoms with Crippen LogP contribution in [-0.4, -0.2) is 29.6 Å². The van der Waals surface area contributed by atoms with Crippen molar-refractivity contribution in [1.82, 2.24) is 4.90 Å². The van der Waals surface area contributed by atoms with Crippen LogP contribution < -0.4 is 5.73 Å². The second-order valence-corrected chi connectivity index (χ2v) is 5.11. The van der Waals surface area contributed by atoms with E-state index >= 15 is 0 Å². The van der Waals surface area contributed by atoms with Gasteiger partial charge in [0.05, 0.1) is 0 Å². The maximum absolute atomic E-state index is 12.5. The molecule has 110 valence electrons. The summed E-state index contributed by atoms with van der Waals surface area (Å²) in [5.41, 5.74) is 7.07. The van der Waals surface area contributed by atoms with Crippen molar-refractivity contribution in [3.05, 3.63) is 29.8 Å². The lowest BCUT2D eigenvalue weighted by Gasteiger charge is -2.23. The SMILES string of the molecule is Nc1ccc(CCC(=O)N(CC(F)(F)F)C2CC2)cc1. The van der Waals surface area contributed by atoms with Crippen LogP contribution >= 0.6 is 0 Å². The zero-order valence-corrected chi connectivity index (χ0v) is 11.0. The van der Waals surface area contributed by atoms with Gasteiger partial charge in [-0.05, 0) is 37.0 Å². The minimum atomic E-state index is -4.33. The van der Waals surface area contributed by atoms with E-state index in [2.05, 4.69) is 0 Å². The number of aryl methyl sites for hydroxylation is 1. The van der Waals surface area contributed by atoms with E-state index in [9.17, 15) is 18.0 Å². The van der Waals surface area contributed by atoms with Crippen LogP contribution in [0.3, 0.4) is 0 Å². The highest BCUT2D eigenvalue weighted by Gasteiger charge is 2.40. The minimum absolute atomic E-state index is 0.0937. The predicted molar refractivity (Wildman–Crippen MR) is 70.0 cm³/mol. The standard InChI is InChI=1S/C14H17F3N2O/c15-14(16,17)9-19(12-6-7-12)13(20)8-3-10-1-4-11(18)5-2-10/h1-2,4-5,12H,3,6-9,18H2. The van der Waals surface area contributed by atoms with E-state index < -0.39 is 18.6 Å². The van der Waals surface area contributed by atoms with Crippen molar-refractivity contribution >= 4 is 11.6 Å². The molecule has 6 heteroatoms. The van der Waals surface area contributed by atoms with Crippen LogP contribution in [0.15, 0.2) is 24.3 Å². The number of carbonyl (C=O) groups is 1. The van der Waals surface area contributed by atoms with Gasteiger partial charge in [0.25, 0.3) is 0 Å². The zero-order valence-electron chi connectivity index (χ0n) is 11.0. The molecule has 0 unspecified atom stereocenters. The number of anilines is 1. The van der Waals surface area contributed by atoms with Gasteiger partial charge in [-0.2, -0.15) is 13.2 Å². The van der Waals surface area contributed by atoms with Gasteiger partial charge in [-0.1, -0.05) is 12.1 Å². The zero-order chi connectivity index (χ0) is 14.8. The Morgan fingerprint density at radius 3 is 2.35 bits per heavy atom. The van der Waals surface area contributed by atoms with Crippen LogP contribution in [-0.2, 0) is 11.2 Å². The molecule has 0 heterocycles. The van der Waals surface area contributed by atoms with Gasteiger partial charge < -0.3 is 10.6 Å². The predicted octanol–water partition coefficient (Wildman–Crippen LogP) is 2.75. The number of rotatable bonds is 5. The third-order valence-corrected chi connectivity index (χ3v) is 3.26. The first kappa shape index (κ1) is 14.7. The number of nitrogen functional groups attached to an aromatic ring is 1. The molecule has 1 aliphatic rings. The van der Waals surface area contributed by atoms with E-state index in [-0.39, 0.29) is 12.5 Å². The summed E-state index contributed by atoms with van der Waals surface area (Å²) >= 11 is 0. The van der Waals surface area contributed by atoms with Gasteiger partial charge >= 0.3 is 6.18 Å². The lowest BCUT2D eigenvalue weighted by Crippen LogP contribution is -2.40. The highest BCUT2D eigenvalue weighted by molar-refractivity contribution is 5.77. The Morgan fingerprint density at radius 1 is 1.25 bits per heavy atom. The Labute approximate surface area is 115 Å². The Morgan fingerprint density at radius 2 is 1.85 bits per heavy atom. The average Bonchev–Trinajstić information content (AvgIpc) is 3.18. The maximum atomic E-state index is 12.5. The number of nitrogens with zero attached hydrogens (tertiary/aromatic N) is 1. The van der Waals surface area contributed by atoms with Crippen LogP contribution in [0, 0.1) is 0 Å². The van der Waals surface area contributed by atoms with Gasteiger partial charge in [-0.3, -0.25) is 4.79 Å². The Bertz CT molecular complexity index is 466. The smallest absolute Gasteiger partial charge is 0.399 e. The molecule has 0 aromatic heterocycles. The Balaban J connectivity index is 1.90. The van der Waals surface area contributed by atoms with Crippen LogP contribution in [0.25, 0.3) is 0 Å². The molecule has 1 aliphatic carbocycles. The molecule has 2 N–H and O–H groups in total. The van der Waals surface area contributed by atoms with Crippen molar-refractivity contribution in [1.29, 1.82) is 0 Å². The molecule has 2 rings (SSSR count). The normalized spacial score (nSPS) is 15.2. The third kappa shape index (κ3) is 4.43. The van der Waals surface area contributed by atoms with Crippen molar-refractivity contribution in [2.45, 2.75) is 37.9 Å². The molecule has 20 heavy (non-hydrogen) atoms. The van der Waals surface area contributed by atoms with E-state index in [4.69, 9.17) is 5.73 Å². The fraction of sp³-hybridized carbons (Fsp3) is 0.500. The number of nitrogens with two attached hydrogens (primary N) is 1. The molecule has 0 radical (unpaired) electrons. The van der Waals surface area contributed by atoms with Gasteiger partial charge in [0.2, 0.25) is 5.91 Å². The molecule has 0 saturated heterocycles. The highest BCUT2D eigenvalue weighted by atomic mass is 19.4. The molecular formula is C14H17F3N2O. The summed E-state index contributed by atoms with van der Waals surface area (Å²) in [6.07, 6.45) is -2.47. The lowest BCUT2D eigenvalue weighted by atomic mass is 10.1. The van der Waals surface area contributed by atoms with Crippen LogP contribution in [0.1, 0.15) is 24.8 Å². The first-order valence-electron chi connectivity index (χ1n) is 6.56. The second kappa shape index (κ2) is 5.73. The third-order valence-electron chi connectivity index (χ3n) is 3.26. The molecule has 0 spiro atoms. The van der Waals surface area contributed by atoms with Crippen molar-refractivity contribution in [2.24, 2.45) is 0 Å². The number of alkyl halides is 3. The molecule has 1 aromatic rings. The fourth-order valence-electron chi connectivity index (χ4n) is 2.08. The molecule has 0 bridgehead atoms. The molecule has 1 fully saturated rings. The van der Waals surface area contributed by atoms with Gasteiger partial charge in [0.1, 0.15) is 6.54 Å². The van der Waals surface area contributed by atoms with Crippen LogP contribution in [0.2, 0.25) is 0 Å². The number of hydrogen-bond donors (Lipinski definition) is 1. The van der Waals surface area contributed by atoms with Crippen molar-refractivity contribution in [3.8, 4) is 0 Å². The Kier molecular flexibility index (Phi) is 4.20. The second-order valence-electron chi connectivity index (χ2n) is 5.11. The molecule has 1 aromatic carbocycles. The summed E-state index contributed by atoms with van der Waals surface area (Å²) in [5, 5.41) is 0. The summed E-state index contributed by atoms with van der Waals surface area (Å²) in [7, 11) is 0. The summed E-state index contributed by atoms with van der Waals surface area (Å²) in [6.45, 7) is -1.14. The van der Waals surface area contributed by atoms with Gasteiger partial charge in [-0.25, -0.2) is 0 Å². The summed E-state index contributed by atoms with van der Waals surface area (Å²) in [6, 6.07) is 6.78. The number of benzene rings is 1. The molecule has 0 aliphatic heterocycles. The van der Waals surface area contributed by atoms with E-state index in [1.165, 1.54) is 0 Å². The number of carbonyl (C=O) groups excluding carboxylic acids is 1. The average molecular weight is 286 g/mol. The number of amides is 1. The quantitative estimate of drug-likeness (QED) is 0.846. The molecule has 3 nitrogen and oxygen atoms in total. The summed E-state index contributed by atoms with van der Waals surface area (Å²) < 4.78 is 37.4. The van der Waals surface area contributed by atoms with Crippen molar-refractivity contribution in [2.75, 3.05) is 12.3 Å². The van der Waals surface area contributed by atoms with Crippen molar-refractivity contribution < 1.29 is 18.0 Å². The van der Waals surface area contributed by atoms with Crippen molar-refractivity contribution in [3.63, 3.8) is 0 Å². The summed E-state index contributed by atoms with van der Waals surface area (Å²) in [5.74, 6) is -0.429.